The molecular weight excluding hydrogens is 391 g/mol. The van der Waals surface area contributed by atoms with Crippen LogP contribution in [0.25, 0.3) is 0 Å². The summed E-state index contributed by atoms with van der Waals surface area (Å²) in [5.41, 5.74) is 0. The maximum absolute atomic E-state index is 5.46. The van der Waals surface area contributed by atoms with Gasteiger partial charge in [-0.1, -0.05) is 12.8 Å². The van der Waals surface area contributed by atoms with Crippen LogP contribution in [0, 0.1) is 5.92 Å². The van der Waals surface area contributed by atoms with Crippen molar-refractivity contribution < 1.29 is 4.74 Å². The fourth-order valence-electron chi connectivity index (χ4n) is 3.36. The molecule has 2 aliphatic heterocycles. The van der Waals surface area contributed by atoms with E-state index in [-0.39, 0.29) is 24.0 Å². The molecule has 0 amide bonds. The number of hydrogen-bond acceptors (Lipinski definition) is 3. The van der Waals surface area contributed by atoms with Gasteiger partial charge in [0.1, 0.15) is 0 Å². The molecule has 22 heavy (non-hydrogen) atoms. The van der Waals surface area contributed by atoms with Gasteiger partial charge in [-0.15, -0.1) is 24.0 Å². The Labute approximate surface area is 151 Å². The fraction of sp³-hybridized carbons (Fsp3) is 0.938. The van der Waals surface area contributed by atoms with Crippen LogP contribution in [0.3, 0.4) is 0 Å². The maximum Gasteiger partial charge on any atom is 0.193 e. The van der Waals surface area contributed by atoms with Crippen molar-refractivity contribution in [1.82, 2.24) is 15.1 Å². The normalized spacial score (nSPS) is 26.9. The molecule has 0 bridgehead atoms. The summed E-state index contributed by atoms with van der Waals surface area (Å²) in [5.74, 6) is 2.10. The number of likely N-dealkylation sites (tertiary alicyclic amines) is 1. The first-order valence-electron chi connectivity index (χ1n) is 8.72. The van der Waals surface area contributed by atoms with Crippen LogP contribution in [0.5, 0.6) is 0 Å². The zero-order chi connectivity index (χ0) is 14.5. The Morgan fingerprint density at radius 1 is 1.18 bits per heavy atom. The standard InChI is InChI=1S/C16H30N4O.HI/c1-2-17-16(18-7-5-14-3-4-14)20-8-6-15(13-20)19-9-11-21-12-10-19;/h14-15H,2-13H2,1H3,(H,17,18);1H. The average Bonchev–Trinajstić information content (AvgIpc) is 3.21. The topological polar surface area (TPSA) is 40.1 Å². The smallest absolute Gasteiger partial charge is 0.193 e. The molecule has 0 radical (unpaired) electrons. The lowest BCUT2D eigenvalue weighted by atomic mass is 10.2. The maximum atomic E-state index is 5.46. The minimum absolute atomic E-state index is 0. The van der Waals surface area contributed by atoms with Gasteiger partial charge in [-0.3, -0.25) is 9.89 Å². The van der Waals surface area contributed by atoms with E-state index in [4.69, 9.17) is 9.73 Å². The molecule has 2 saturated heterocycles. The van der Waals surface area contributed by atoms with Gasteiger partial charge in [-0.25, -0.2) is 0 Å². The number of nitrogens with one attached hydrogen (secondary N) is 1. The molecule has 3 rings (SSSR count). The third kappa shape index (κ3) is 5.23. The van der Waals surface area contributed by atoms with Crippen LogP contribution >= 0.6 is 24.0 Å². The van der Waals surface area contributed by atoms with E-state index >= 15 is 0 Å². The quantitative estimate of drug-likeness (QED) is 0.417. The molecule has 0 aromatic rings. The summed E-state index contributed by atoms with van der Waals surface area (Å²) in [6, 6.07) is 0.682. The largest absolute Gasteiger partial charge is 0.379 e. The first-order valence-corrected chi connectivity index (χ1v) is 8.72. The minimum atomic E-state index is 0. The lowest BCUT2D eigenvalue weighted by Gasteiger charge is -2.32. The first kappa shape index (κ1) is 18.3. The molecule has 3 aliphatic rings. The second kappa shape index (κ2) is 9.27. The fourth-order valence-corrected chi connectivity index (χ4v) is 3.36. The Hall–Kier alpha value is -0.0800. The molecule has 6 heteroatoms. The lowest BCUT2D eigenvalue weighted by Crippen LogP contribution is -2.46. The first-order chi connectivity index (χ1) is 10.4. The van der Waals surface area contributed by atoms with Crippen molar-refractivity contribution in [3.63, 3.8) is 0 Å². The van der Waals surface area contributed by atoms with E-state index in [1.165, 1.54) is 25.7 Å². The molecule has 0 aromatic heterocycles. The van der Waals surface area contributed by atoms with Gasteiger partial charge in [0.2, 0.25) is 0 Å². The van der Waals surface area contributed by atoms with Crippen molar-refractivity contribution in [1.29, 1.82) is 0 Å². The molecule has 128 valence electrons. The molecule has 5 nitrogen and oxygen atoms in total. The van der Waals surface area contributed by atoms with Crippen molar-refractivity contribution in [3.05, 3.63) is 0 Å². The highest BCUT2D eigenvalue weighted by molar-refractivity contribution is 14.0. The summed E-state index contributed by atoms with van der Waals surface area (Å²) in [7, 11) is 0. The molecule has 2 heterocycles. The Bertz CT molecular complexity index is 356. The number of ether oxygens (including phenoxy) is 1. The highest BCUT2D eigenvalue weighted by atomic mass is 127. The molecule has 1 saturated carbocycles. The summed E-state index contributed by atoms with van der Waals surface area (Å²) in [6.07, 6.45) is 5.38. The zero-order valence-corrected chi connectivity index (χ0v) is 16.1. The van der Waals surface area contributed by atoms with Crippen molar-refractivity contribution >= 4 is 29.9 Å². The Morgan fingerprint density at radius 3 is 2.64 bits per heavy atom. The van der Waals surface area contributed by atoms with Gasteiger partial charge in [0.25, 0.3) is 0 Å². The number of guanidine groups is 1. The van der Waals surface area contributed by atoms with Crippen LogP contribution in [0.15, 0.2) is 4.99 Å². The second-order valence-corrected chi connectivity index (χ2v) is 6.50. The third-order valence-electron chi connectivity index (χ3n) is 4.86. The van der Waals surface area contributed by atoms with E-state index in [2.05, 4.69) is 22.0 Å². The van der Waals surface area contributed by atoms with Crippen LogP contribution in [0.1, 0.15) is 32.6 Å². The Morgan fingerprint density at radius 2 is 1.95 bits per heavy atom. The SMILES string of the molecule is CCNC(=NCCC1CC1)N1CCC(N2CCOCC2)C1.I. The highest BCUT2D eigenvalue weighted by Crippen LogP contribution is 2.32. The molecular formula is C16H31IN4O. The molecule has 0 aromatic carbocycles. The van der Waals surface area contributed by atoms with Gasteiger partial charge in [-0.2, -0.15) is 0 Å². The molecule has 0 spiro atoms. The van der Waals surface area contributed by atoms with E-state index in [9.17, 15) is 0 Å². The third-order valence-corrected chi connectivity index (χ3v) is 4.86. The summed E-state index contributed by atoms with van der Waals surface area (Å²) in [6.45, 7) is 10.3. The van der Waals surface area contributed by atoms with Crippen LogP contribution in [0.2, 0.25) is 0 Å². The summed E-state index contributed by atoms with van der Waals surface area (Å²) in [5, 5.41) is 3.47. The minimum Gasteiger partial charge on any atom is -0.379 e. The summed E-state index contributed by atoms with van der Waals surface area (Å²) < 4.78 is 5.46. The number of morpholine rings is 1. The van der Waals surface area contributed by atoms with Crippen LogP contribution in [-0.2, 0) is 4.74 Å². The van der Waals surface area contributed by atoms with Crippen molar-refractivity contribution in [3.8, 4) is 0 Å². The lowest BCUT2D eigenvalue weighted by molar-refractivity contribution is 0.0195. The number of hydrogen-bond donors (Lipinski definition) is 1. The van der Waals surface area contributed by atoms with Gasteiger partial charge >= 0.3 is 0 Å². The van der Waals surface area contributed by atoms with Gasteiger partial charge in [0, 0.05) is 45.3 Å². The van der Waals surface area contributed by atoms with E-state index in [1.54, 1.807) is 0 Å². The van der Waals surface area contributed by atoms with Crippen molar-refractivity contribution in [2.75, 3.05) is 52.5 Å². The van der Waals surface area contributed by atoms with Gasteiger partial charge in [0.05, 0.1) is 13.2 Å². The molecule has 1 N–H and O–H groups in total. The van der Waals surface area contributed by atoms with Gasteiger partial charge in [0.15, 0.2) is 5.96 Å². The monoisotopic (exact) mass is 422 g/mol. The molecule has 1 atom stereocenters. The average molecular weight is 422 g/mol. The van der Waals surface area contributed by atoms with Gasteiger partial charge in [-0.05, 0) is 25.7 Å². The Balaban J connectivity index is 0.00000176. The van der Waals surface area contributed by atoms with Gasteiger partial charge < -0.3 is 15.0 Å². The number of nitrogens with zero attached hydrogens (tertiary/aromatic N) is 3. The molecule has 1 unspecified atom stereocenters. The number of rotatable bonds is 5. The summed E-state index contributed by atoms with van der Waals surface area (Å²) in [4.78, 5) is 9.89. The van der Waals surface area contributed by atoms with Crippen LogP contribution in [0.4, 0.5) is 0 Å². The Kier molecular flexibility index (Phi) is 7.70. The van der Waals surface area contributed by atoms with Crippen LogP contribution in [-0.4, -0.2) is 74.3 Å². The van der Waals surface area contributed by atoms with Crippen molar-refractivity contribution in [2.45, 2.75) is 38.6 Å². The van der Waals surface area contributed by atoms with Crippen LogP contribution < -0.4 is 5.32 Å². The number of halogens is 1. The summed E-state index contributed by atoms with van der Waals surface area (Å²) >= 11 is 0. The van der Waals surface area contributed by atoms with E-state index in [1.807, 2.05) is 0 Å². The van der Waals surface area contributed by atoms with E-state index in [0.29, 0.717) is 6.04 Å². The highest BCUT2D eigenvalue weighted by Gasteiger charge is 2.30. The molecule has 1 aliphatic carbocycles. The predicted molar refractivity (Wildman–Crippen MR) is 101 cm³/mol. The molecule has 3 fully saturated rings. The number of aliphatic imine (C=N–C) groups is 1. The zero-order valence-electron chi connectivity index (χ0n) is 13.8. The second-order valence-electron chi connectivity index (χ2n) is 6.50. The van der Waals surface area contributed by atoms with E-state index < -0.39 is 0 Å². The van der Waals surface area contributed by atoms with Crippen molar-refractivity contribution in [2.24, 2.45) is 10.9 Å². The van der Waals surface area contributed by atoms with E-state index in [0.717, 1.165) is 64.4 Å². The predicted octanol–water partition coefficient (Wildman–Crippen LogP) is 1.78.